The molecule has 24 heavy (non-hydrogen) atoms. The lowest BCUT2D eigenvalue weighted by atomic mass is 9.98. The van der Waals surface area contributed by atoms with Gasteiger partial charge in [0.15, 0.2) is 6.10 Å². The summed E-state index contributed by atoms with van der Waals surface area (Å²) in [5, 5.41) is 10.3. The molecule has 1 aliphatic rings. The van der Waals surface area contributed by atoms with E-state index in [1.54, 1.807) is 0 Å². The third kappa shape index (κ3) is 5.78. The molecule has 136 valence electrons. The topological polar surface area (TPSA) is 135 Å². The van der Waals surface area contributed by atoms with Gasteiger partial charge in [0.2, 0.25) is 12.4 Å². The molecule has 1 fully saturated rings. The summed E-state index contributed by atoms with van der Waals surface area (Å²) in [4.78, 5) is 44.7. The fourth-order valence-corrected chi connectivity index (χ4v) is 2.13. The van der Waals surface area contributed by atoms with E-state index in [-0.39, 0.29) is 6.61 Å². The second-order valence-electron chi connectivity index (χ2n) is 5.09. The summed E-state index contributed by atoms with van der Waals surface area (Å²) in [6.45, 7) is 4.06. The van der Waals surface area contributed by atoms with Crippen molar-refractivity contribution in [1.29, 1.82) is 0 Å². The molecular weight excluding hydrogens is 328 g/mol. The number of hydrogen-bond acceptors (Lipinski definition) is 10. The molecule has 0 radical (unpaired) electrons. The minimum absolute atomic E-state index is 0.376. The smallest absolute Gasteiger partial charge is 0.305 e. The van der Waals surface area contributed by atoms with Crippen LogP contribution in [0.2, 0.25) is 0 Å². The molecular formula is C14H20O10. The van der Waals surface area contributed by atoms with Crippen molar-refractivity contribution >= 4 is 23.9 Å². The van der Waals surface area contributed by atoms with E-state index in [2.05, 4.69) is 0 Å². The van der Waals surface area contributed by atoms with Crippen LogP contribution in [0.3, 0.4) is 0 Å². The van der Waals surface area contributed by atoms with Crippen LogP contribution in [-0.4, -0.2) is 66.3 Å². The maximum Gasteiger partial charge on any atom is 0.305 e. The molecule has 0 aromatic heterocycles. The van der Waals surface area contributed by atoms with Crippen molar-refractivity contribution in [3.8, 4) is 0 Å². The summed E-state index contributed by atoms with van der Waals surface area (Å²) < 4.78 is 25.0. The van der Waals surface area contributed by atoms with Crippen LogP contribution in [0.15, 0.2) is 0 Å². The summed E-state index contributed by atoms with van der Waals surface area (Å²) in [5.74, 6) is -2.89. The predicted molar refractivity (Wildman–Crippen MR) is 74.2 cm³/mol. The summed E-state index contributed by atoms with van der Waals surface area (Å²) in [5.41, 5.74) is 0. The van der Waals surface area contributed by atoms with E-state index < -0.39 is 54.6 Å². The number of aliphatic hydroxyl groups excluding tert-OH is 1. The van der Waals surface area contributed by atoms with Crippen LogP contribution >= 0.6 is 0 Å². The normalized spacial score (nSPS) is 29.3. The predicted octanol–water partition coefficient (Wildman–Crippen LogP) is -0.938. The summed E-state index contributed by atoms with van der Waals surface area (Å²) >= 11 is 0. The van der Waals surface area contributed by atoms with Crippen LogP contribution in [-0.2, 0) is 42.9 Å². The van der Waals surface area contributed by atoms with Gasteiger partial charge < -0.3 is 28.8 Å². The Hall–Kier alpha value is -2.20. The van der Waals surface area contributed by atoms with Crippen LogP contribution in [0.4, 0.5) is 0 Å². The Labute approximate surface area is 137 Å². The molecule has 10 heteroatoms. The van der Waals surface area contributed by atoms with Gasteiger partial charge in [-0.15, -0.1) is 0 Å². The largest absolute Gasteiger partial charge is 0.463 e. The third-order valence-electron chi connectivity index (χ3n) is 2.96. The third-order valence-corrected chi connectivity index (χ3v) is 2.96. The van der Waals surface area contributed by atoms with E-state index in [1.807, 2.05) is 0 Å². The average Bonchev–Trinajstić information content (AvgIpc) is 2.42. The molecule has 10 nitrogen and oxygen atoms in total. The first-order chi connectivity index (χ1) is 11.1. The first kappa shape index (κ1) is 19.8. The van der Waals surface area contributed by atoms with E-state index in [0.29, 0.717) is 0 Å². The summed E-state index contributed by atoms with van der Waals surface area (Å²) in [6.07, 6.45) is -6.83. The SMILES string of the molecule is CC(=O)OCC1OC(OC(C)=O)C(OC(C)=O)C(OC(C)=O)[C@@H]1O. The van der Waals surface area contributed by atoms with Gasteiger partial charge in [-0.25, -0.2) is 0 Å². The molecule has 0 aliphatic carbocycles. The zero-order chi connectivity index (χ0) is 18.4. The molecule has 1 saturated heterocycles. The van der Waals surface area contributed by atoms with Gasteiger partial charge in [-0.2, -0.15) is 0 Å². The van der Waals surface area contributed by atoms with Gasteiger partial charge in [0.1, 0.15) is 18.8 Å². The Morgan fingerprint density at radius 3 is 1.79 bits per heavy atom. The van der Waals surface area contributed by atoms with Crippen molar-refractivity contribution in [2.24, 2.45) is 0 Å². The van der Waals surface area contributed by atoms with Gasteiger partial charge in [0.05, 0.1) is 0 Å². The molecule has 1 aliphatic heterocycles. The van der Waals surface area contributed by atoms with Crippen LogP contribution in [0, 0.1) is 0 Å². The molecule has 0 aromatic rings. The minimum atomic E-state index is -1.48. The Morgan fingerprint density at radius 2 is 1.33 bits per heavy atom. The standard InChI is InChI=1S/C14H20O10/c1-6(15)20-5-10-11(19)12(21-7(2)16)13(22-8(3)17)14(24-10)23-9(4)18/h10-14,19H,5H2,1-4H3/t10?,11-,12?,13?,14?/m1/s1. The molecule has 0 bridgehead atoms. The lowest BCUT2D eigenvalue weighted by Gasteiger charge is -2.42. The lowest BCUT2D eigenvalue weighted by Crippen LogP contribution is -2.62. The van der Waals surface area contributed by atoms with Crippen molar-refractivity contribution in [2.45, 2.75) is 58.4 Å². The number of aliphatic hydroxyl groups is 1. The fourth-order valence-electron chi connectivity index (χ4n) is 2.13. The van der Waals surface area contributed by atoms with Crippen LogP contribution in [0.25, 0.3) is 0 Å². The number of carbonyl (C=O) groups is 4. The van der Waals surface area contributed by atoms with Crippen molar-refractivity contribution in [2.75, 3.05) is 6.61 Å². The first-order valence-corrected chi connectivity index (χ1v) is 7.10. The number of hydrogen-bond donors (Lipinski definition) is 1. The molecule has 5 atom stereocenters. The number of rotatable bonds is 5. The maximum atomic E-state index is 11.3. The fraction of sp³-hybridized carbons (Fsp3) is 0.714. The Morgan fingerprint density at radius 1 is 0.833 bits per heavy atom. The molecule has 0 aromatic carbocycles. The van der Waals surface area contributed by atoms with Crippen LogP contribution < -0.4 is 0 Å². The lowest BCUT2D eigenvalue weighted by molar-refractivity contribution is -0.298. The number of esters is 4. The van der Waals surface area contributed by atoms with E-state index in [0.717, 1.165) is 27.7 Å². The van der Waals surface area contributed by atoms with Crippen LogP contribution in [0.1, 0.15) is 27.7 Å². The molecule has 4 unspecified atom stereocenters. The van der Waals surface area contributed by atoms with E-state index in [9.17, 15) is 24.3 Å². The molecule has 1 rings (SSSR count). The molecule has 1 N–H and O–H groups in total. The molecule has 0 amide bonds. The summed E-state index contributed by atoms with van der Waals surface area (Å²) in [6, 6.07) is 0. The average molecular weight is 348 g/mol. The van der Waals surface area contributed by atoms with Crippen molar-refractivity contribution in [3.63, 3.8) is 0 Å². The van der Waals surface area contributed by atoms with E-state index in [1.165, 1.54) is 0 Å². The number of ether oxygens (including phenoxy) is 5. The molecule has 0 spiro atoms. The highest BCUT2D eigenvalue weighted by atomic mass is 16.7. The monoisotopic (exact) mass is 348 g/mol. The molecule has 1 heterocycles. The van der Waals surface area contributed by atoms with Gasteiger partial charge in [-0.05, 0) is 0 Å². The van der Waals surface area contributed by atoms with Gasteiger partial charge in [0, 0.05) is 27.7 Å². The van der Waals surface area contributed by atoms with Crippen molar-refractivity contribution in [1.82, 2.24) is 0 Å². The maximum absolute atomic E-state index is 11.3. The second kappa shape index (κ2) is 8.60. The van der Waals surface area contributed by atoms with Crippen molar-refractivity contribution in [3.05, 3.63) is 0 Å². The highest BCUT2D eigenvalue weighted by Crippen LogP contribution is 2.27. The highest BCUT2D eigenvalue weighted by Gasteiger charge is 2.51. The van der Waals surface area contributed by atoms with Gasteiger partial charge in [-0.3, -0.25) is 19.2 Å². The highest BCUT2D eigenvalue weighted by molar-refractivity contribution is 5.68. The Bertz CT molecular complexity index is 502. The minimum Gasteiger partial charge on any atom is -0.463 e. The first-order valence-electron chi connectivity index (χ1n) is 7.10. The van der Waals surface area contributed by atoms with Gasteiger partial charge in [-0.1, -0.05) is 0 Å². The Kier molecular flexibility index (Phi) is 7.11. The van der Waals surface area contributed by atoms with Gasteiger partial charge in [0.25, 0.3) is 0 Å². The van der Waals surface area contributed by atoms with Crippen LogP contribution in [0.5, 0.6) is 0 Å². The van der Waals surface area contributed by atoms with Crippen molar-refractivity contribution < 1.29 is 48.0 Å². The van der Waals surface area contributed by atoms with E-state index in [4.69, 9.17) is 23.7 Å². The second-order valence-corrected chi connectivity index (χ2v) is 5.09. The Balaban J connectivity index is 3.07. The quantitative estimate of drug-likeness (QED) is 0.490. The molecule has 0 saturated carbocycles. The van der Waals surface area contributed by atoms with E-state index >= 15 is 0 Å². The summed E-state index contributed by atoms with van der Waals surface area (Å²) in [7, 11) is 0. The zero-order valence-electron chi connectivity index (χ0n) is 13.7. The zero-order valence-corrected chi connectivity index (χ0v) is 13.7. The number of carbonyl (C=O) groups excluding carboxylic acids is 4. The van der Waals surface area contributed by atoms with Gasteiger partial charge >= 0.3 is 23.9 Å².